The summed E-state index contributed by atoms with van der Waals surface area (Å²) in [5, 5.41) is 8.57. The molecule has 0 aromatic rings. The molecule has 0 aliphatic heterocycles. The maximum absolute atomic E-state index is 11.9. The van der Waals surface area contributed by atoms with Crippen molar-refractivity contribution in [2.75, 3.05) is 0 Å². The van der Waals surface area contributed by atoms with E-state index in [-0.39, 0.29) is 6.42 Å². The fraction of sp³-hybridized carbons (Fsp3) is 0.857. The molecule has 8 heteroatoms. The molecule has 1 atom stereocenters. The maximum Gasteiger partial charge on any atom is 0.350 e. The van der Waals surface area contributed by atoms with Gasteiger partial charge in [0.2, 0.25) is 0 Å². The van der Waals surface area contributed by atoms with Crippen LogP contribution in [0.3, 0.4) is 0 Å². The van der Waals surface area contributed by atoms with Crippen molar-refractivity contribution in [2.24, 2.45) is 0 Å². The molecule has 0 fully saturated rings. The average Bonchev–Trinajstić information content (AvgIpc) is 2.11. The molecule has 0 aliphatic carbocycles. The standard InChI is InChI=1S/C7H13F2NO4S/c1-2-3-4-5(6(11)12)10-15(13,14)7(8)9/h5,7,10H,2-4H2,1H3,(H,11,12)/t5-/m0/s1. The fourth-order valence-corrected chi connectivity index (χ4v) is 1.61. The van der Waals surface area contributed by atoms with E-state index in [1.165, 1.54) is 4.72 Å². The van der Waals surface area contributed by atoms with Crippen LogP contribution < -0.4 is 4.72 Å². The second-order valence-electron chi connectivity index (χ2n) is 2.96. The van der Waals surface area contributed by atoms with Crippen LogP contribution in [0.4, 0.5) is 8.78 Å². The second-order valence-corrected chi connectivity index (χ2v) is 4.64. The van der Waals surface area contributed by atoms with Crippen LogP contribution >= 0.6 is 0 Å². The van der Waals surface area contributed by atoms with Crippen molar-refractivity contribution in [3.05, 3.63) is 0 Å². The third-order valence-corrected chi connectivity index (χ3v) is 2.77. The van der Waals surface area contributed by atoms with Crippen LogP contribution in [0.5, 0.6) is 0 Å². The average molecular weight is 245 g/mol. The van der Waals surface area contributed by atoms with E-state index in [2.05, 4.69) is 0 Å². The normalized spacial score (nSPS) is 14.1. The van der Waals surface area contributed by atoms with Crippen molar-refractivity contribution in [1.29, 1.82) is 0 Å². The zero-order valence-electron chi connectivity index (χ0n) is 8.11. The molecule has 90 valence electrons. The number of unbranched alkanes of at least 4 members (excludes halogenated alkanes) is 1. The first-order chi connectivity index (χ1) is 6.81. The fourth-order valence-electron chi connectivity index (χ4n) is 0.891. The number of sulfonamides is 1. The molecule has 0 bridgehead atoms. The summed E-state index contributed by atoms with van der Waals surface area (Å²) in [6, 6.07) is -1.48. The number of carbonyl (C=O) groups is 1. The van der Waals surface area contributed by atoms with Crippen LogP contribution in [0.25, 0.3) is 0 Å². The molecule has 0 amide bonds. The molecule has 0 aromatic heterocycles. The van der Waals surface area contributed by atoms with E-state index in [1.807, 2.05) is 0 Å². The molecule has 2 N–H and O–H groups in total. The van der Waals surface area contributed by atoms with Crippen LogP contribution in [0.1, 0.15) is 26.2 Å². The Labute approximate surface area is 86.5 Å². The van der Waals surface area contributed by atoms with E-state index in [1.54, 1.807) is 6.92 Å². The highest BCUT2D eigenvalue weighted by Crippen LogP contribution is 2.07. The summed E-state index contributed by atoms with van der Waals surface area (Å²) in [7, 11) is -4.84. The van der Waals surface area contributed by atoms with E-state index < -0.39 is 27.8 Å². The van der Waals surface area contributed by atoms with E-state index in [9.17, 15) is 22.0 Å². The molecule has 0 spiro atoms. The van der Waals surface area contributed by atoms with Crippen molar-refractivity contribution in [2.45, 2.75) is 38.0 Å². The van der Waals surface area contributed by atoms with E-state index in [0.29, 0.717) is 12.8 Å². The van der Waals surface area contributed by atoms with Crippen LogP contribution in [0.15, 0.2) is 0 Å². The van der Waals surface area contributed by atoms with Crippen LogP contribution in [-0.4, -0.2) is 31.3 Å². The van der Waals surface area contributed by atoms with Crippen molar-refractivity contribution in [3.63, 3.8) is 0 Å². The Balaban J connectivity index is 4.48. The SMILES string of the molecule is CCCC[C@H](NS(=O)(=O)C(F)F)C(=O)O. The quantitative estimate of drug-likeness (QED) is 0.694. The van der Waals surface area contributed by atoms with Crippen molar-refractivity contribution in [3.8, 4) is 0 Å². The first-order valence-electron chi connectivity index (χ1n) is 4.33. The second kappa shape index (κ2) is 5.96. The summed E-state index contributed by atoms with van der Waals surface area (Å²) in [4.78, 5) is 10.5. The lowest BCUT2D eigenvalue weighted by Gasteiger charge is -2.13. The highest BCUT2D eigenvalue weighted by Gasteiger charge is 2.30. The molecule has 0 aromatic carbocycles. The number of halogens is 2. The summed E-state index contributed by atoms with van der Waals surface area (Å²) in [6.07, 6.45) is 1.10. The highest BCUT2D eigenvalue weighted by atomic mass is 32.2. The van der Waals surface area contributed by atoms with Gasteiger partial charge >= 0.3 is 11.7 Å². The molecular formula is C7H13F2NO4S. The van der Waals surface area contributed by atoms with Crippen LogP contribution in [0.2, 0.25) is 0 Å². The van der Waals surface area contributed by atoms with Gasteiger partial charge in [0, 0.05) is 0 Å². The lowest BCUT2D eigenvalue weighted by atomic mass is 10.1. The lowest BCUT2D eigenvalue weighted by Crippen LogP contribution is -2.43. The van der Waals surface area contributed by atoms with Crippen LogP contribution in [-0.2, 0) is 14.8 Å². The predicted molar refractivity (Wildman–Crippen MR) is 49.0 cm³/mol. The van der Waals surface area contributed by atoms with Crippen molar-refractivity contribution in [1.82, 2.24) is 4.72 Å². The van der Waals surface area contributed by atoms with E-state index in [0.717, 1.165) is 0 Å². The molecular weight excluding hydrogens is 232 g/mol. The monoisotopic (exact) mass is 245 g/mol. The number of carboxylic acids is 1. The number of hydrogen-bond donors (Lipinski definition) is 2. The van der Waals surface area contributed by atoms with E-state index in [4.69, 9.17) is 5.11 Å². The molecule has 0 rings (SSSR count). The number of carboxylic acid groups (broad SMARTS) is 1. The molecule has 0 saturated carbocycles. The molecule has 0 aliphatic rings. The molecule has 5 nitrogen and oxygen atoms in total. The summed E-state index contributed by atoms with van der Waals surface area (Å²) in [6.45, 7) is 1.78. The first-order valence-corrected chi connectivity index (χ1v) is 5.88. The van der Waals surface area contributed by atoms with Gasteiger partial charge in [-0.25, -0.2) is 8.42 Å². The minimum absolute atomic E-state index is 0.00220. The third-order valence-electron chi connectivity index (χ3n) is 1.69. The summed E-state index contributed by atoms with van der Waals surface area (Å²) in [5.74, 6) is -5.06. The van der Waals surface area contributed by atoms with Crippen molar-refractivity contribution >= 4 is 16.0 Å². The van der Waals surface area contributed by atoms with Gasteiger partial charge < -0.3 is 5.11 Å². The Morgan fingerprint density at radius 1 is 1.47 bits per heavy atom. The number of hydrogen-bond acceptors (Lipinski definition) is 3. The summed E-state index contributed by atoms with van der Waals surface area (Å²) < 4.78 is 46.6. The molecule has 0 unspecified atom stereocenters. The largest absolute Gasteiger partial charge is 0.480 e. The molecule has 0 saturated heterocycles. The number of nitrogens with one attached hydrogen (secondary N) is 1. The minimum atomic E-state index is -4.84. The Bertz CT molecular complexity index is 304. The predicted octanol–water partition coefficient (Wildman–Crippen LogP) is 0.772. The van der Waals surface area contributed by atoms with Gasteiger partial charge in [-0.05, 0) is 6.42 Å². The van der Waals surface area contributed by atoms with Gasteiger partial charge in [-0.15, -0.1) is 0 Å². The maximum atomic E-state index is 11.9. The van der Waals surface area contributed by atoms with E-state index >= 15 is 0 Å². The molecule has 15 heavy (non-hydrogen) atoms. The van der Waals surface area contributed by atoms with Gasteiger partial charge in [0.1, 0.15) is 6.04 Å². The van der Waals surface area contributed by atoms with Gasteiger partial charge in [-0.2, -0.15) is 13.5 Å². The first kappa shape index (κ1) is 14.2. The van der Waals surface area contributed by atoms with Gasteiger partial charge in [0.05, 0.1) is 0 Å². The van der Waals surface area contributed by atoms with Gasteiger partial charge in [-0.1, -0.05) is 19.8 Å². The highest BCUT2D eigenvalue weighted by molar-refractivity contribution is 7.89. The smallest absolute Gasteiger partial charge is 0.350 e. The summed E-state index contributed by atoms with van der Waals surface area (Å²) >= 11 is 0. The van der Waals surface area contributed by atoms with Gasteiger partial charge in [0.25, 0.3) is 10.0 Å². The van der Waals surface area contributed by atoms with Gasteiger partial charge in [-0.3, -0.25) is 4.79 Å². The lowest BCUT2D eigenvalue weighted by molar-refractivity contribution is -0.139. The van der Waals surface area contributed by atoms with Gasteiger partial charge in [0.15, 0.2) is 0 Å². The number of rotatable bonds is 7. The Morgan fingerprint density at radius 3 is 2.33 bits per heavy atom. The Kier molecular flexibility index (Phi) is 5.66. The zero-order valence-corrected chi connectivity index (χ0v) is 8.93. The number of aliphatic carboxylic acids is 1. The minimum Gasteiger partial charge on any atom is -0.480 e. The summed E-state index contributed by atoms with van der Waals surface area (Å²) in [5.41, 5.74) is 0. The zero-order chi connectivity index (χ0) is 12.1. The molecule has 0 heterocycles. The Hall–Kier alpha value is -0.760. The Morgan fingerprint density at radius 2 is 2.00 bits per heavy atom. The van der Waals surface area contributed by atoms with Crippen LogP contribution in [0, 0.1) is 0 Å². The number of alkyl halides is 2. The molecule has 0 radical (unpaired) electrons. The third kappa shape index (κ3) is 5.03. The topological polar surface area (TPSA) is 83.5 Å². The van der Waals surface area contributed by atoms with Crippen molar-refractivity contribution < 1.29 is 27.1 Å².